The van der Waals surface area contributed by atoms with Crippen LogP contribution in [0.1, 0.15) is 33.0 Å². The van der Waals surface area contributed by atoms with E-state index in [4.69, 9.17) is 11.6 Å². The van der Waals surface area contributed by atoms with Gasteiger partial charge in [0.1, 0.15) is 11.0 Å². The van der Waals surface area contributed by atoms with Crippen LogP contribution in [0.25, 0.3) is 0 Å². The van der Waals surface area contributed by atoms with E-state index in [0.29, 0.717) is 10.6 Å². The second-order valence-electron chi connectivity index (χ2n) is 5.04. The van der Waals surface area contributed by atoms with Crippen LogP contribution in [0.2, 0.25) is 5.15 Å². The Hall–Kier alpha value is -0.540. The van der Waals surface area contributed by atoms with Crippen LogP contribution >= 0.6 is 11.6 Å². The molecule has 4 heteroatoms. The van der Waals surface area contributed by atoms with Crippen molar-refractivity contribution >= 4 is 11.6 Å². The third-order valence-electron chi connectivity index (χ3n) is 2.36. The molecule has 0 aliphatic heterocycles. The number of imidazole rings is 1. The van der Waals surface area contributed by atoms with Crippen molar-refractivity contribution < 1.29 is 0 Å². The highest BCUT2D eigenvalue weighted by molar-refractivity contribution is 6.29. The molecule has 86 valence electrons. The first kappa shape index (κ1) is 12.5. The molecule has 0 aliphatic rings. The maximum atomic E-state index is 5.89. The summed E-state index contributed by atoms with van der Waals surface area (Å²) in [6.07, 6.45) is 2.84. The van der Waals surface area contributed by atoms with E-state index in [0.717, 1.165) is 25.3 Å². The van der Waals surface area contributed by atoms with Gasteiger partial charge in [0.2, 0.25) is 0 Å². The SMILES string of the molecule is Cn1c(Cl)cnc1CNCCC(C)(C)C. The van der Waals surface area contributed by atoms with E-state index in [1.807, 2.05) is 11.6 Å². The van der Waals surface area contributed by atoms with Crippen LogP contribution in [0.4, 0.5) is 0 Å². The third-order valence-corrected chi connectivity index (χ3v) is 2.71. The number of nitrogens with one attached hydrogen (secondary N) is 1. The van der Waals surface area contributed by atoms with Gasteiger partial charge in [0.25, 0.3) is 0 Å². The quantitative estimate of drug-likeness (QED) is 0.805. The lowest BCUT2D eigenvalue weighted by Gasteiger charge is -2.17. The van der Waals surface area contributed by atoms with Crippen molar-refractivity contribution in [1.82, 2.24) is 14.9 Å². The van der Waals surface area contributed by atoms with Crippen molar-refractivity contribution in [2.75, 3.05) is 6.54 Å². The van der Waals surface area contributed by atoms with Crippen molar-refractivity contribution in [3.63, 3.8) is 0 Å². The molecule has 3 nitrogen and oxygen atoms in total. The minimum absolute atomic E-state index is 0.381. The summed E-state index contributed by atoms with van der Waals surface area (Å²) in [5.74, 6) is 0.980. The Bertz CT molecular complexity index is 312. The molecule has 1 aromatic rings. The molecule has 15 heavy (non-hydrogen) atoms. The van der Waals surface area contributed by atoms with Gasteiger partial charge in [-0.3, -0.25) is 0 Å². The standard InChI is InChI=1S/C11H20ClN3/c1-11(2,3)5-6-13-8-10-14-7-9(12)15(10)4/h7,13H,5-6,8H2,1-4H3. The molecule has 0 aromatic carbocycles. The zero-order valence-corrected chi connectivity index (χ0v) is 10.7. The van der Waals surface area contributed by atoms with E-state index in [2.05, 4.69) is 31.1 Å². The van der Waals surface area contributed by atoms with E-state index >= 15 is 0 Å². The first-order valence-electron chi connectivity index (χ1n) is 5.27. The first-order valence-corrected chi connectivity index (χ1v) is 5.65. The lowest BCUT2D eigenvalue weighted by molar-refractivity contribution is 0.365. The lowest BCUT2D eigenvalue weighted by Crippen LogP contribution is -2.21. The summed E-state index contributed by atoms with van der Waals surface area (Å²) in [5, 5.41) is 4.05. The Kier molecular flexibility index (Phi) is 4.17. The number of hydrogen-bond donors (Lipinski definition) is 1. The predicted molar refractivity (Wildman–Crippen MR) is 64.0 cm³/mol. The molecule has 0 saturated carbocycles. The largest absolute Gasteiger partial charge is 0.321 e. The summed E-state index contributed by atoms with van der Waals surface area (Å²) in [5.41, 5.74) is 0.381. The smallest absolute Gasteiger partial charge is 0.128 e. The predicted octanol–water partition coefficient (Wildman–Crippen LogP) is 2.60. The third kappa shape index (κ3) is 4.22. The Morgan fingerprint density at radius 3 is 2.60 bits per heavy atom. The second kappa shape index (κ2) is 4.99. The topological polar surface area (TPSA) is 29.9 Å². The van der Waals surface area contributed by atoms with Gasteiger partial charge in [-0.25, -0.2) is 4.98 Å². The normalized spacial score (nSPS) is 12.1. The van der Waals surface area contributed by atoms with Crippen LogP contribution in [0, 0.1) is 5.41 Å². The van der Waals surface area contributed by atoms with Gasteiger partial charge in [0, 0.05) is 7.05 Å². The molecule has 0 unspecified atom stereocenters. The van der Waals surface area contributed by atoms with E-state index in [9.17, 15) is 0 Å². The summed E-state index contributed by atoms with van der Waals surface area (Å²) in [7, 11) is 1.93. The van der Waals surface area contributed by atoms with Gasteiger partial charge in [-0.1, -0.05) is 32.4 Å². The van der Waals surface area contributed by atoms with Gasteiger partial charge in [-0.05, 0) is 18.4 Å². The average molecular weight is 230 g/mol. The Labute approximate surface area is 96.8 Å². The highest BCUT2D eigenvalue weighted by Gasteiger charge is 2.09. The van der Waals surface area contributed by atoms with Crippen molar-refractivity contribution in [1.29, 1.82) is 0 Å². The van der Waals surface area contributed by atoms with Gasteiger partial charge >= 0.3 is 0 Å². The molecule has 0 atom stereocenters. The summed E-state index contributed by atoms with van der Waals surface area (Å²) >= 11 is 5.89. The van der Waals surface area contributed by atoms with Gasteiger partial charge < -0.3 is 9.88 Å². The molecule has 0 saturated heterocycles. The Balaban J connectivity index is 2.30. The zero-order chi connectivity index (χ0) is 11.5. The van der Waals surface area contributed by atoms with Crippen molar-refractivity contribution in [2.24, 2.45) is 12.5 Å². The molecule has 1 heterocycles. The highest BCUT2D eigenvalue weighted by Crippen LogP contribution is 2.17. The molecule has 0 bridgehead atoms. The monoisotopic (exact) mass is 229 g/mol. The Morgan fingerprint density at radius 1 is 1.47 bits per heavy atom. The average Bonchev–Trinajstić information content (AvgIpc) is 2.42. The minimum atomic E-state index is 0.381. The number of nitrogens with zero attached hydrogens (tertiary/aromatic N) is 2. The van der Waals surface area contributed by atoms with E-state index in [1.165, 1.54) is 0 Å². The van der Waals surface area contributed by atoms with Gasteiger partial charge in [-0.2, -0.15) is 0 Å². The molecule has 1 N–H and O–H groups in total. The molecule has 0 amide bonds. The minimum Gasteiger partial charge on any atom is -0.321 e. The van der Waals surface area contributed by atoms with Gasteiger partial charge in [0.05, 0.1) is 12.7 Å². The first-order chi connectivity index (χ1) is 6.90. The number of aromatic nitrogens is 2. The summed E-state index contributed by atoms with van der Waals surface area (Å²) in [4.78, 5) is 4.22. The summed E-state index contributed by atoms with van der Waals surface area (Å²) in [6.45, 7) is 8.51. The van der Waals surface area contributed by atoms with Crippen molar-refractivity contribution in [3.8, 4) is 0 Å². The van der Waals surface area contributed by atoms with Crippen LogP contribution in [0.3, 0.4) is 0 Å². The van der Waals surface area contributed by atoms with E-state index in [-0.39, 0.29) is 0 Å². The number of hydrogen-bond acceptors (Lipinski definition) is 2. The molecule has 0 radical (unpaired) electrons. The van der Waals surface area contributed by atoms with Crippen LogP contribution in [-0.4, -0.2) is 16.1 Å². The molecule has 0 aliphatic carbocycles. The summed E-state index contributed by atoms with van der Waals surface area (Å²) in [6, 6.07) is 0. The fourth-order valence-electron chi connectivity index (χ4n) is 1.25. The fourth-order valence-corrected chi connectivity index (χ4v) is 1.40. The lowest BCUT2D eigenvalue weighted by atomic mass is 9.92. The van der Waals surface area contributed by atoms with E-state index < -0.39 is 0 Å². The van der Waals surface area contributed by atoms with Gasteiger partial charge in [-0.15, -0.1) is 0 Å². The van der Waals surface area contributed by atoms with Crippen LogP contribution < -0.4 is 5.32 Å². The van der Waals surface area contributed by atoms with Crippen molar-refractivity contribution in [2.45, 2.75) is 33.7 Å². The molecular formula is C11H20ClN3. The van der Waals surface area contributed by atoms with Crippen molar-refractivity contribution in [3.05, 3.63) is 17.2 Å². The van der Waals surface area contributed by atoms with Crippen LogP contribution in [0.5, 0.6) is 0 Å². The number of halogens is 1. The molecular weight excluding hydrogens is 210 g/mol. The van der Waals surface area contributed by atoms with Gasteiger partial charge in [0.15, 0.2) is 0 Å². The maximum absolute atomic E-state index is 5.89. The number of rotatable bonds is 4. The fraction of sp³-hybridized carbons (Fsp3) is 0.727. The zero-order valence-electron chi connectivity index (χ0n) is 9.97. The van der Waals surface area contributed by atoms with E-state index in [1.54, 1.807) is 6.20 Å². The van der Waals surface area contributed by atoms with Crippen LogP contribution in [0.15, 0.2) is 6.20 Å². The second-order valence-corrected chi connectivity index (χ2v) is 5.43. The maximum Gasteiger partial charge on any atom is 0.128 e. The molecule has 0 fully saturated rings. The molecule has 1 aromatic heterocycles. The molecule has 1 rings (SSSR count). The highest BCUT2D eigenvalue weighted by atomic mass is 35.5. The van der Waals surface area contributed by atoms with Crippen LogP contribution in [-0.2, 0) is 13.6 Å². The summed E-state index contributed by atoms with van der Waals surface area (Å²) < 4.78 is 1.89. The molecule has 0 spiro atoms. The Morgan fingerprint density at radius 2 is 2.13 bits per heavy atom.